The highest BCUT2D eigenvalue weighted by molar-refractivity contribution is 4.50. The van der Waals surface area contributed by atoms with Gasteiger partial charge in [-0.2, -0.15) is 0 Å². The van der Waals surface area contributed by atoms with Gasteiger partial charge in [-0.3, -0.25) is 0 Å². The van der Waals surface area contributed by atoms with Gasteiger partial charge in [-0.1, -0.05) is 149 Å². The molecular formula is C39H80O7. The first kappa shape index (κ1) is 45.7. The van der Waals surface area contributed by atoms with Crippen molar-refractivity contribution in [1.82, 2.24) is 0 Å². The topological polar surface area (TPSA) is 64.6 Å². The van der Waals surface area contributed by atoms with Crippen LogP contribution in [-0.4, -0.2) is 92.5 Å². The van der Waals surface area contributed by atoms with Crippen LogP contribution in [0.15, 0.2) is 0 Å². The molecular weight excluding hydrogens is 580 g/mol. The van der Waals surface area contributed by atoms with Gasteiger partial charge in [0, 0.05) is 13.2 Å². The maximum Gasteiger partial charge on any atom is 0.0701 e. The largest absolute Gasteiger partial charge is 0.379 e. The Labute approximate surface area is 286 Å². The standard InChI is InChI=1S/C39H80O7/c1-3-5-7-9-11-13-15-16-17-19-21-23-25-27-41-29-31-43-33-35-45-37-39-46-38-36-44-34-32-42-30-28-40-26-24-22-20-18-14-12-10-8-6-4-2/h3-39H2,1-2H3. The van der Waals surface area contributed by atoms with E-state index >= 15 is 0 Å². The fourth-order valence-electron chi connectivity index (χ4n) is 5.33. The monoisotopic (exact) mass is 661 g/mol. The average Bonchev–Trinajstić information content (AvgIpc) is 3.07. The first-order valence-electron chi connectivity index (χ1n) is 20.0. The minimum Gasteiger partial charge on any atom is -0.379 e. The molecule has 0 bridgehead atoms. The molecule has 0 amide bonds. The highest BCUT2D eigenvalue weighted by atomic mass is 16.6. The smallest absolute Gasteiger partial charge is 0.0701 e. The summed E-state index contributed by atoms with van der Waals surface area (Å²) in [5.74, 6) is 0. The lowest BCUT2D eigenvalue weighted by Crippen LogP contribution is -2.14. The molecule has 0 aliphatic carbocycles. The highest BCUT2D eigenvalue weighted by Gasteiger charge is 1.97. The maximum absolute atomic E-state index is 5.68. The van der Waals surface area contributed by atoms with Crippen LogP contribution in [0.1, 0.15) is 162 Å². The molecule has 0 aliphatic rings. The molecule has 0 aromatic carbocycles. The van der Waals surface area contributed by atoms with Crippen LogP contribution in [0.25, 0.3) is 0 Å². The second kappa shape index (κ2) is 44.7. The summed E-state index contributed by atoms with van der Waals surface area (Å²) in [7, 11) is 0. The first-order valence-corrected chi connectivity index (χ1v) is 20.0. The number of rotatable bonds is 43. The summed E-state index contributed by atoms with van der Waals surface area (Å²) in [5, 5.41) is 0. The highest BCUT2D eigenvalue weighted by Crippen LogP contribution is 2.13. The zero-order chi connectivity index (χ0) is 33.1. The molecule has 0 heterocycles. The summed E-state index contributed by atoms with van der Waals surface area (Å²) in [4.78, 5) is 0. The lowest BCUT2D eigenvalue weighted by molar-refractivity contribution is -0.0206. The molecule has 7 nitrogen and oxygen atoms in total. The van der Waals surface area contributed by atoms with E-state index in [2.05, 4.69) is 13.8 Å². The lowest BCUT2D eigenvalue weighted by Gasteiger charge is -2.08. The van der Waals surface area contributed by atoms with Gasteiger partial charge in [0.25, 0.3) is 0 Å². The summed E-state index contributed by atoms with van der Waals surface area (Å²) in [6.45, 7) is 13.5. The summed E-state index contributed by atoms with van der Waals surface area (Å²) < 4.78 is 39.1. The number of ether oxygens (including phenoxy) is 7. The quantitative estimate of drug-likeness (QED) is 0.0603. The van der Waals surface area contributed by atoms with Gasteiger partial charge in [0.1, 0.15) is 0 Å². The van der Waals surface area contributed by atoms with Gasteiger partial charge in [-0.15, -0.1) is 0 Å². The van der Waals surface area contributed by atoms with E-state index in [9.17, 15) is 0 Å². The van der Waals surface area contributed by atoms with E-state index in [0.29, 0.717) is 79.3 Å². The zero-order valence-electron chi connectivity index (χ0n) is 31.0. The summed E-state index contributed by atoms with van der Waals surface area (Å²) >= 11 is 0. The van der Waals surface area contributed by atoms with E-state index in [-0.39, 0.29) is 0 Å². The van der Waals surface area contributed by atoms with Crippen molar-refractivity contribution in [3.05, 3.63) is 0 Å². The lowest BCUT2D eigenvalue weighted by atomic mass is 10.0. The Morgan fingerprint density at radius 2 is 0.326 bits per heavy atom. The molecule has 0 saturated carbocycles. The third kappa shape index (κ3) is 43.7. The fourth-order valence-corrected chi connectivity index (χ4v) is 5.33. The Kier molecular flexibility index (Phi) is 44.4. The van der Waals surface area contributed by atoms with Crippen LogP contribution in [0.2, 0.25) is 0 Å². The molecule has 278 valence electrons. The number of hydrogen-bond acceptors (Lipinski definition) is 7. The van der Waals surface area contributed by atoms with Crippen LogP contribution >= 0.6 is 0 Å². The second-order valence-corrected chi connectivity index (χ2v) is 12.7. The van der Waals surface area contributed by atoms with Crippen LogP contribution in [0, 0.1) is 0 Å². The van der Waals surface area contributed by atoms with E-state index < -0.39 is 0 Å². The van der Waals surface area contributed by atoms with E-state index in [1.165, 1.54) is 135 Å². The molecule has 0 aliphatic heterocycles. The van der Waals surface area contributed by atoms with Crippen molar-refractivity contribution in [2.75, 3.05) is 92.5 Å². The second-order valence-electron chi connectivity index (χ2n) is 12.7. The zero-order valence-corrected chi connectivity index (χ0v) is 31.0. The Hall–Kier alpha value is -0.280. The molecule has 0 spiro atoms. The molecule has 0 aromatic rings. The normalized spacial score (nSPS) is 11.6. The van der Waals surface area contributed by atoms with Gasteiger partial charge < -0.3 is 33.2 Å². The molecule has 0 rings (SSSR count). The SMILES string of the molecule is CCCCCCCCCCCCCCCOCCOCCOCCOCCOCCOCCOCCCCCCCCCCCC. The summed E-state index contributed by atoms with van der Waals surface area (Å²) in [5.41, 5.74) is 0. The number of hydrogen-bond donors (Lipinski definition) is 0. The summed E-state index contributed by atoms with van der Waals surface area (Å²) in [6.07, 6.45) is 31.4. The first-order chi connectivity index (χ1) is 22.9. The molecule has 46 heavy (non-hydrogen) atoms. The van der Waals surface area contributed by atoms with E-state index in [0.717, 1.165) is 26.1 Å². The predicted octanol–water partition coefficient (Wildman–Crippen LogP) is 10.1. The van der Waals surface area contributed by atoms with Crippen molar-refractivity contribution in [3.63, 3.8) is 0 Å². The predicted molar refractivity (Wildman–Crippen MR) is 193 cm³/mol. The molecule has 0 unspecified atom stereocenters. The van der Waals surface area contributed by atoms with Crippen molar-refractivity contribution in [2.24, 2.45) is 0 Å². The van der Waals surface area contributed by atoms with Crippen molar-refractivity contribution in [3.8, 4) is 0 Å². The minimum atomic E-state index is 0.568. The van der Waals surface area contributed by atoms with Crippen LogP contribution < -0.4 is 0 Å². The molecule has 0 fully saturated rings. The molecule has 0 saturated heterocycles. The van der Waals surface area contributed by atoms with Crippen molar-refractivity contribution in [1.29, 1.82) is 0 Å². The van der Waals surface area contributed by atoms with E-state index in [1.54, 1.807) is 0 Å². The third-order valence-corrected chi connectivity index (χ3v) is 8.27. The maximum atomic E-state index is 5.68. The Morgan fingerprint density at radius 1 is 0.174 bits per heavy atom. The van der Waals surface area contributed by atoms with Crippen molar-refractivity contribution < 1.29 is 33.2 Å². The third-order valence-electron chi connectivity index (χ3n) is 8.27. The Bertz CT molecular complexity index is 465. The van der Waals surface area contributed by atoms with E-state index in [4.69, 9.17) is 33.2 Å². The van der Waals surface area contributed by atoms with Crippen LogP contribution in [0.3, 0.4) is 0 Å². The van der Waals surface area contributed by atoms with Crippen LogP contribution in [0.4, 0.5) is 0 Å². The van der Waals surface area contributed by atoms with Gasteiger partial charge in [0.05, 0.1) is 79.3 Å². The van der Waals surface area contributed by atoms with Crippen LogP contribution in [-0.2, 0) is 33.2 Å². The molecule has 0 N–H and O–H groups in total. The molecule has 0 radical (unpaired) electrons. The van der Waals surface area contributed by atoms with Gasteiger partial charge in [-0.05, 0) is 12.8 Å². The average molecular weight is 661 g/mol. The fraction of sp³-hybridized carbons (Fsp3) is 1.00. The van der Waals surface area contributed by atoms with Crippen molar-refractivity contribution >= 4 is 0 Å². The minimum absolute atomic E-state index is 0.568. The number of unbranched alkanes of at least 4 members (excludes halogenated alkanes) is 21. The summed E-state index contributed by atoms with van der Waals surface area (Å²) in [6, 6.07) is 0. The van der Waals surface area contributed by atoms with E-state index in [1.807, 2.05) is 0 Å². The van der Waals surface area contributed by atoms with Crippen molar-refractivity contribution in [2.45, 2.75) is 162 Å². The van der Waals surface area contributed by atoms with Gasteiger partial charge in [-0.25, -0.2) is 0 Å². The van der Waals surface area contributed by atoms with Gasteiger partial charge >= 0.3 is 0 Å². The van der Waals surface area contributed by atoms with Gasteiger partial charge in [0.15, 0.2) is 0 Å². The van der Waals surface area contributed by atoms with Crippen LogP contribution in [0.5, 0.6) is 0 Å². The molecule has 0 aromatic heterocycles. The Morgan fingerprint density at radius 3 is 0.522 bits per heavy atom. The molecule has 7 heteroatoms. The van der Waals surface area contributed by atoms with Gasteiger partial charge in [0.2, 0.25) is 0 Å². The Balaban J connectivity index is 3.03. The molecule has 0 atom stereocenters.